The number of rotatable bonds is 27. The van der Waals surface area contributed by atoms with Gasteiger partial charge in [0.05, 0.1) is 39.1 Å². The summed E-state index contributed by atoms with van der Waals surface area (Å²) >= 11 is 0. The molecule has 0 aromatic carbocycles. The van der Waals surface area contributed by atoms with Gasteiger partial charge in [-0.1, -0.05) is 26.3 Å². The van der Waals surface area contributed by atoms with Crippen LogP contribution in [0.2, 0.25) is 0 Å². The average Bonchev–Trinajstić information content (AvgIpc) is 3.16. The van der Waals surface area contributed by atoms with Gasteiger partial charge < -0.3 is 43.0 Å². The number of carbonyl (C=O) groups excluding carboxylic acids is 7. The lowest BCUT2D eigenvalue weighted by Gasteiger charge is -2.39. The molecule has 1 N–H and O–H groups in total. The summed E-state index contributed by atoms with van der Waals surface area (Å²) in [6.45, 7) is 22.3. The molecule has 1 saturated heterocycles. The zero-order valence-corrected chi connectivity index (χ0v) is 35.1. The monoisotopic (exact) mass is 838 g/mol. The van der Waals surface area contributed by atoms with Crippen molar-refractivity contribution in [2.45, 2.75) is 136 Å². The summed E-state index contributed by atoms with van der Waals surface area (Å²) in [5.41, 5.74) is 1.18. The Balaban J connectivity index is 0.00000220. The third-order valence-corrected chi connectivity index (χ3v) is 7.93. The third kappa shape index (κ3) is 26.3. The predicted molar refractivity (Wildman–Crippen MR) is 211 cm³/mol. The normalized spacial score (nSPS) is 16.7. The van der Waals surface area contributed by atoms with Gasteiger partial charge in [0.25, 0.3) is 0 Å². The van der Waals surface area contributed by atoms with E-state index in [-0.39, 0.29) is 75.4 Å². The Morgan fingerprint density at radius 2 is 0.797 bits per heavy atom. The van der Waals surface area contributed by atoms with Crippen LogP contribution in [0.15, 0.2) is 48.6 Å². The van der Waals surface area contributed by atoms with E-state index in [1.165, 1.54) is 20.8 Å². The number of hydrogen-bond acceptors (Lipinski definition) is 16. The summed E-state index contributed by atoms with van der Waals surface area (Å²) in [5.74, 6) is -4.60. The second-order valence-electron chi connectivity index (χ2n) is 13.9. The fourth-order valence-electron chi connectivity index (χ4n) is 4.62. The first-order valence-corrected chi connectivity index (χ1v) is 19.5. The largest absolute Gasteiger partial charge is 0.481 e. The molecule has 17 heteroatoms. The maximum atomic E-state index is 12.8. The van der Waals surface area contributed by atoms with Crippen LogP contribution in [0.3, 0.4) is 0 Å². The molecule has 0 bridgehead atoms. The summed E-state index contributed by atoms with van der Waals surface area (Å²) in [6.07, 6.45) is -0.436. The molecule has 1 heterocycles. The zero-order valence-electron chi connectivity index (χ0n) is 35.1. The summed E-state index contributed by atoms with van der Waals surface area (Å²) in [4.78, 5) is 93.6. The van der Waals surface area contributed by atoms with Crippen molar-refractivity contribution in [2.75, 3.05) is 33.0 Å². The molecule has 1 rings (SSSR count). The van der Waals surface area contributed by atoms with Crippen molar-refractivity contribution in [3.8, 4) is 0 Å². The number of carboxylic acid groups (broad SMARTS) is 1. The molecule has 1 aliphatic rings. The van der Waals surface area contributed by atoms with Gasteiger partial charge in [-0.2, -0.15) is 0 Å². The molecule has 1 unspecified atom stereocenters. The highest BCUT2D eigenvalue weighted by Gasteiger charge is 2.45. The van der Waals surface area contributed by atoms with Crippen molar-refractivity contribution in [2.24, 2.45) is 0 Å². The molecule has 17 nitrogen and oxygen atoms in total. The number of esters is 7. The van der Waals surface area contributed by atoms with Gasteiger partial charge in [-0.25, -0.2) is 19.2 Å². The van der Waals surface area contributed by atoms with E-state index in [1.54, 1.807) is 13.8 Å². The van der Waals surface area contributed by atoms with Crippen molar-refractivity contribution >= 4 is 47.8 Å². The molecular weight excluding hydrogens is 776 g/mol. The van der Waals surface area contributed by atoms with Crippen LogP contribution in [-0.2, 0) is 76.3 Å². The quantitative estimate of drug-likeness (QED) is 0.0474. The molecule has 59 heavy (non-hydrogen) atoms. The standard InChI is InChI=1S/C33H48O13.C9H14O4/c1-21(2)31(37)40-17-11-8-14-26(34)44-25-20-43-24(7)29(45-27(35)15-9-12-18-41-32(38)22(3)4)30(25)46-28(36)16-10-13-19-42-33(39)23(5)6;1-7(2)9(12)13-6-4-3-5-8(10)11/h24-25,29-30H,1,3,5,8-20H2,2,4,6-7H3;1,3-6H2,2H3,(H,10,11)/t24?,25-,29+,30+;/m1./s1. The molecule has 0 saturated carbocycles. The van der Waals surface area contributed by atoms with Crippen molar-refractivity contribution < 1.29 is 81.4 Å². The van der Waals surface area contributed by atoms with Gasteiger partial charge >= 0.3 is 47.8 Å². The first-order chi connectivity index (χ1) is 27.8. The first kappa shape index (κ1) is 53.7. The van der Waals surface area contributed by atoms with Crippen LogP contribution in [0.5, 0.6) is 0 Å². The molecule has 0 aromatic rings. The van der Waals surface area contributed by atoms with E-state index in [2.05, 4.69) is 26.3 Å². The minimum absolute atomic E-state index is 0.000646. The molecule has 0 amide bonds. The van der Waals surface area contributed by atoms with E-state index < -0.39 is 72.2 Å². The average molecular weight is 839 g/mol. The van der Waals surface area contributed by atoms with E-state index in [9.17, 15) is 38.4 Å². The van der Waals surface area contributed by atoms with E-state index in [0.717, 1.165) is 0 Å². The number of ether oxygens (including phenoxy) is 8. The van der Waals surface area contributed by atoms with Crippen molar-refractivity contribution in [1.29, 1.82) is 0 Å². The number of carboxylic acids is 1. The molecule has 1 aliphatic heterocycles. The van der Waals surface area contributed by atoms with Crippen molar-refractivity contribution in [3.63, 3.8) is 0 Å². The highest BCUT2D eigenvalue weighted by atomic mass is 16.6. The Morgan fingerprint density at radius 3 is 1.12 bits per heavy atom. The lowest BCUT2D eigenvalue weighted by atomic mass is 10.00. The molecule has 1 fully saturated rings. The third-order valence-electron chi connectivity index (χ3n) is 7.93. The molecule has 4 atom stereocenters. The van der Waals surface area contributed by atoms with Gasteiger partial charge in [0.15, 0.2) is 18.3 Å². The second-order valence-corrected chi connectivity index (χ2v) is 13.9. The smallest absolute Gasteiger partial charge is 0.333 e. The van der Waals surface area contributed by atoms with Gasteiger partial charge in [0, 0.05) is 48.0 Å². The van der Waals surface area contributed by atoms with Crippen LogP contribution in [0, 0.1) is 0 Å². The zero-order chi connectivity index (χ0) is 44.9. The van der Waals surface area contributed by atoms with Gasteiger partial charge in [-0.15, -0.1) is 0 Å². The first-order valence-electron chi connectivity index (χ1n) is 19.5. The highest BCUT2D eigenvalue weighted by molar-refractivity contribution is 5.88. The molecular formula is C42H62O17. The molecule has 0 radical (unpaired) electrons. The number of unbranched alkanes of at least 4 members (excludes halogenated alkanes) is 4. The Labute approximate surface area is 346 Å². The number of carbonyl (C=O) groups is 8. The lowest BCUT2D eigenvalue weighted by Crippen LogP contribution is -2.56. The van der Waals surface area contributed by atoms with Crippen LogP contribution in [0.25, 0.3) is 0 Å². The predicted octanol–water partition coefficient (Wildman–Crippen LogP) is 5.37. The van der Waals surface area contributed by atoms with Crippen LogP contribution in [-0.4, -0.2) is 110 Å². The summed E-state index contributed by atoms with van der Waals surface area (Å²) in [7, 11) is 0. The van der Waals surface area contributed by atoms with E-state index in [0.29, 0.717) is 56.9 Å². The molecule has 0 aromatic heterocycles. The van der Waals surface area contributed by atoms with Crippen LogP contribution < -0.4 is 0 Å². The summed E-state index contributed by atoms with van der Waals surface area (Å²) in [5, 5.41) is 8.29. The Hall–Kier alpha value is -5.32. The maximum absolute atomic E-state index is 12.8. The second kappa shape index (κ2) is 30.7. The topological polar surface area (TPSA) is 231 Å². The van der Waals surface area contributed by atoms with Gasteiger partial charge in [0.1, 0.15) is 0 Å². The fourth-order valence-corrected chi connectivity index (χ4v) is 4.62. The molecule has 0 aliphatic carbocycles. The van der Waals surface area contributed by atoms with Gasteiger partial charge in [-0.3, -0.25) is 19.2 Å². The number of hydrogen-bond donors (Lipinski definition) is 1. The molecule has 332 valence electrons. The van der Waals surface area contributed by atoms with Crippen LogP contribution in [0.4, 0.5) is 0 Å². The maximum Gasteiger partial charge on any atom is 0.333 e. The minimum Gasteiger partial charge on any atom is -0.481 e. The summed E-state index contributed by atoms with van der Waals surface area (Å²) in [6, 6.07) is 0. The Bertz CT molecular complexity index is 1480. The van der Waals surface area contributed by atoms with Crippen LogP contribution in [0.1, 0.15) is 112 Å². The van der Waals surface area contributed by atoms with E-state index >= 15 is 0 Å². The van der Waals surface area contributed by atoms with Crippen molar-refractivity contribution in [1.82, 2.24) is 0 Å². The Morgan fingerprint density at radius 1 is 0.492 bits per heavy atom. The fraction of sp³-hybridized carbons (Fsp3) is 0.619. The Kier molecular flexibility index (Phi) is 27.9. The van der Waals surface area contributed by atoms with Gasteiger partial charge in [0.2, 0.25) is 0 Å². The van der Waals surface area contributed by atoms with E-state index in [4.69, 9.17) is 43.0 Å². The van der Waals surface area contributed by atoms with E-state index in [1.807, 2.05) is 0 Å². The number of aliphatic carboxylic acids is 1. The van der Waals surface area contributed by atoms with Crippen molar-refractivity contribution in [3.05, 3.63) is 48.6 Å². The SMILES string of the molecule is C=C(C)C(=O)OCCCCC(=O)O.C=C(C)C(=O)OCCCCC(=O)O[C@H]1[C@H](OC(=O)CCCCOC(=O)C(=C)C)COC(C)[C@@H]1OC(=O)CCCCOC(=O)C(=C)C. The van der Waals surface area contributed by atoms with Crippen LogP contribution >= 0.6 is 0 Å². The lowest BCUT2D eigenvalue weighted by molar-refractivity contribution is -0.225. The highest BCUT2D eigenvalue weighted by Crippen LogP contribution is 2.26. The summed E-state index contributed by atoms with van der Waals surface area (Å²) < 4.78 is 42.5. The van der Waals surface area contributed by atoms with Gasteiger partial charge in [-0.05, 0) is 86.0 Å². The molecule has 0 spiro atoms. The minimum atomic E-state index is -1.14.